The zero-order valence-electron chi connectivity index (χ0n) is 16.8. The van der Waals surface area contributed by atoms with E-state index in [4.69, 9.17) is 14.2 Å². The zero-order valence-corrected chi connectivity index (χ0v) is 16.8. The quantitative estimate of drug-likeness (QED) is 0.828. The normalized spacial score (nSPS) is 20.9. The Hall–Kier alpha value is -3.07. The zero-order chi connectivity index (χ0) is 20.4. The Balaban J connectivity index is 1.53. The predicted molar refractivity (Wildman–Crippen MR) is 109 cm³/mol. The van der Waals surface area contributed by atoms with E-state index in [9.17, 15) is 4.79 Å². The van der Waals surface area contributed by atoms with Crippen molar-refractivity contribution in [1.29, 1.82) is 0 Å². The summed E-state index contributed by atoms with van der Waals surface area (Å²) in [5.74, 6) is 2.13. The van der Waals surface area contributed by atoms with E-state index in [1.54, 1.807) is 12.3 Å². The molecule has 2 unspecified atom stereocenters. The number of nitrogens with zero attached hydrogens (tertiary/aromatic N) is 4. The molecule has 0 bridgehead atoms. The first-order valence-electron chi connectivity index (χ1n) is 9.63. The lowest BCUT2D eigenvalue weighted by molar-refractivity contribution is -0.128. The average Bonchev–Trinajstić information content (AvgIpc) is 2.74. The number of ether oxygens (including phenoxy) is 3. The molecule has 0 radical (unpaired) electrons. The number of hydrogen-bond acceptors (Lipinski definition) is 8. The third kappa shape index (κ3) is 4.04. The van der Waals surface area contributed by atoms with Crippen molar-refractivity contribution in [2.24, 2.45) is 0 Å². The Morgan fingerprint density at radius 1 is 1.17 bits per heavy atom. The molecule has 2 aromatic rings. The van der Waals surface area contributed by atoms with Crippen LogP contribution in [-0.2, 0) is 9.53 Å². The van der Waals surface area contributed by atoms with Gasteiger partial charge in [0.25, 0.3) is 5.91 Å². The minimum Gasteiger partial charge on any atom is -0.482 e. The number of anilines is 3. The maximum Gasteiger partial charge on any atom is 0.269 e. The summed E-state index contributed by atoms with van der Waals surface area (Å²) in [6.45, 7) is 4.59. The van der Waals surface area contributed by atoms with Crippen LogP contribution in [0.3, 0.4) is 0 Å². The van der Waals surface area contributed by atoms with Crippen molar-refractivity contribution >= 4 is 23.4 Å². The van der Waals surface area contributed by atoms with Crippen LogP contribution in [0.1, 0.15) is 6.92 Å². The molecule has 9 nitrogen and oxygen atoms in total. The summed E-state index contributed by atoms with van der Waals surface area (Å²) in [5, 5.41) is 2.90. The fraction of sp³-hybridized carbons (Fsp3) is 0.450. The number of carbonyl (C=O) groups excluding carboxylic acids is 1. The summed E-state index contributed by atoms with van der Waals surface area (Å²) < 4.78 is 17.1. The number of nitrogens with one attached hydrogen (secondary N) is 1. The van der Waals surface area contributed by atoms with Gasteiger partial charge in [0, 0.05) is 27.2 Å². The lowest BCUT2D eigenvalue weighted by atomic mass is 10.1. The van der Waals surface area contributed by atoms with Crippen LogP contribution in [0.5, 0.6) is 11.5 Å². The Bertz CT molecular complexity index is 885. The number of benzene rings is 1. The summed E-state index contributed by atoms with van der Waals surface area (Å²) in [4.78, 5) is 25.9. The Morgan fingerprint density at radius 2 is 1.86 bits per heavy atom. The summed E-state index contributed by atoms with van der Waals surface area (Å²) in [5.41, 5.74) is 0.520. The number of morpholine rings is 1. The second kappa shape index (κ2) is 8.12. The first kappa shape index (κ1) is 19.3. The molecular weight excluding hydrogens is 374 g/mol. The summed E-state index contributed by atoms with van der Waals surface area (Å²) in [6.07, 6.45) is 0.424. The van der Waals surface area contributed by atoms with Gasteiger partial charge in [-0.15, -0.1) is 0 Å². The Kier molecular flexibility index (Phi) is 5.39. The molecular formula is C20H25N5O4. The molecule has 1 fully saturated rings. The molecule has 1 aromatic heterocycles. The predicted octanol–water partition coefficient (Wildman–Crippen LogP) is 1.55. The molecule has 29 heavy (non-hydrogen) atoms. The van der Waals surface area contributed by atoms with Gasteiger partial charge >= 0.3 is 0 Å². The van der Waals surface area contributed by atoms with E-state index < -0.39 is 12.2 Å². The lowest BCUT2D eigenvalue weighted by Gasteiger charge is -2.31. The van der Waals surface area contributed by atoms with Gasteiger partial charge in [-0.05, 0) is 19.1 Å². The van der Waals surface area contributed by atoms with Crippen molar-refractivity contribution in [3.8, 4) is 11.5 Å². The first-order valence-corrected chi connectivity index (χ1v) is 9.63. The topological polar surface area (TPSA) is 89.0 Å². The molecule has 1 N–H and O–H groups in total. The van der Waals surface area contributed by atoms with Gasteiger partial charge in [0.05, 0.1) is 19.4 Å². The fourth-order valence-corrected chi connectivity index (χ4v) is 3.32. The number of para-hydroxylation sites is 2. The molecule has 3 heterocycles. The maximum atomic E-state index is 12.9. The van der Waals surface area contributed by atoms with Crippen LogP contribution >= 0.6 is 0 Å². The van der Waals surface area contributed by atoms with Gasteiger partial charge in [-0.1, -0.05) is 12.1 Å². The van der Waals surface area contributed by atoms with E-state index in [-0.39, 0.29) is 5.91 Å². The van der Waals surface area contributed by atoms with Gasteiger partial charge in [0.2, 0.25) is 12.1 Å². The summed E-state index contributed by atoms with van der Waals surface area (Å²) >= 11 is 0. The summed E-state index contributed by atoms with van der Waals surface area (Å²) in [6, 6.07) is 7.32. The van der Waals surface area contributed by atoms with Crippen LogP contribution in [-0.4, -0.2) is 68.5 Å². The minimum atomic E-state index is -0.779. The smallest absolute Gasteiger partial charge is 0.269 e. The number of amides is 1. The van der Waals surface area contributed by atoms with Gasteiger partial charge < -0.3 is 29.3 Å². The van der Waals surface area contributed by atoms with E-state index >= 15 is 0 Å². The van der Waals surface area contributed by atoms with Crippen LogP contribution in [0.15, 0.2) is 30.5 Å². The molecule has 0 saturated carbocycles. The molecule has 0 aliphatic carbocycles. The lowest BCUT2D eigenvalue weighted by Crippen LogP contribution is -2.46. The fourth-order valence-electron chi connectivity index (χ4n) is 3.32. The highest BCUT2D eigenvalue weighted by Gasteiger charge is 2.34. The number of hydrogen-bond donors (Lipinski definition) is 1. The highest BCUT2D eigenvalue weighted by atomic mass is 16.6. The van der Waals surface area contributed by atoms with Crippen LogP contribution in [0.4, 0.5) is 17.5 Å². The molecule has 154 valence electrons. The van der Waals surface area contributed by atoms with Crippen molar-refractivity contribution in [3.05, 3.63) is 30.5 Å². The molecule has 1 saturated heterocycles. The van der Waals surface area contributed by atoms with E-state index in [1.807, 2.05) is 44.1 Å². The van der Waals surface area contributed by atoms with Gasteiger partial charge in [-0.25, -0.2) is 4.98 Å². The van der Waals surface area contributed by atoms with Gasteiger partial charge in [0.15, 0.2) is 17.3 Å². The standard InChI is InChI=1S/C20H25N5O4/c1-13-17(29-16-7-5-4-6-15(16)28-13)19(26)22-14-12-21-20(23-18(14)24(2)3)25-8-10-27-11-9-25/h4-7,12-13,17H,8-11H2,1-3H3,(H,22,26). The number of carbonyl (C=O) groups is 1. The Labute approximate surface area is 169 Å². The number of rotatable bonds is 4. The third-order valence-electron chi connectivity index (χ3n) is 4.83. The summed E-state index contributed by atoms with van der Waals surface area (Å²) in [7, 11) is 3.75. The van der Waals surface area contributed by atoms with Gasteiger partial charge in [-0.2, -0.15) is 4.98 Å². The molecule has 2 aliphatic rings. The van der Waals surface area contributed by atoms with E-state index in [2.05, 4.69) is 20.2 Å². The molecule has 9 heteroatoms. The van der Waals surface area contributed by atoms with Crippen molar-refractivity contribution in [1.82, 2.24) is 9.97 Å². The third-order valence-corrected chi connectivity index (χ3v) is 4.83. The van der Waals surface area contributed by atoms with Crippen molar-refractivity contribution < 1.29 is 19.0 Å². The maximum absolute atomic E-state index is 12.9. The number of aromatic nitrogens is 2. The molecule has 2 aliphatic heterocycles. The van der Waals surface area contributed by atoms with Crippen molar-refractivity contribution in [2.75, 3.05) is 55.5 Å². The average molecular weight is 399 g/mol. The van der Waals surface area contributed by atoms with E-state index in [0.717, 1.165) is 13.1 Å². The second-order valence-electron chi connectivity index (χ2n) is 7.20. The minimum absolute atomic E-state index is 0.308. The molecule has 4 rings (SSSR count). The largest absolute Gasteiger partial charge is 0.482 e. The molecule has 1 aromatic carbocycles. The van der Waals surface area contributed by atoms with Gasteiger partial charge in [-0.3, -0.25) is 4.79 Å². The molecule has 0 spiro atoms. The van der Waals surface area contributed by atoms with Crippen molar-refractivity contribution in [3.63, 3.8) is 0 Å². The van der Waals surface area contributed by atoms with Gasteiger partial charge in [0.1, 0.15) is 11.8 Å². The van der Waals surface area contributed by atoms with Crippen LogP contribution in [0.2, 0.25) is 0 Å². The Morgan fingerprint density at radius 3 is 2.55 bits per heavy atom. The number of fused-ring (bicyclic) bond motifs is 1. The van der Waals surface area contributed by atoms with E-state index in [0.29, 0.717) is 42.2 Å². The monoisotopic (exact) mass is 399 g/mol. The molecule has 1 amide bonds. The highest BCUT2D eigenvalue weighted by Crippen LogP contribution is 2.34. The van der Waals surface area contributed by atoms with Crippen LogP contribution < -0.4 is 24.6 Å². The van der Waals surface area contributed by atoms with Crippen LogP contribution in [0.25, 0.3) is 0 Å². The SMILES string of the molecule is CC1Oc2ccccc2OC1C(=O)Nc1cnc(N2CCOCC2)nc1N(C)C. The highest BCUT2D eigenvalue weighted by molar-refractivity contribution is 5.97. The van der Waals surface area contributed by atoms with Crippen molar-refractivity contribution in [2.45, 2.75) is 19.1 Å². The first-order chi connectivity index (χ1) is 14.0. The van der Waals surface area contributed by atoms with E-state index in [1.165, 1.54) is 0 Å². The second-order valence-corrected chi connectivity index (χ2v) is 7.20. The molecule has 2 atom stereocenters. The van der Waals surface area contributed by atoms with Crippen LogP contribution in [0, 0.1) is 0 Å².